The van der Waals surface area contributed by atoms with Gasteiger partial charge < -0.3 is 10.2 Å². The maximum atomic E-state index is 4.51. The minimum Gasteiger partial charge on any atom is -0.352 e. The first-order valence-corrected chi connectivity index (χ1v) is 9.19. The van der Waals surface area contributed by atoms with Gasteiger partial charge in [-0.15, -0.1) is 0 Å². The molecule has 3 heterocycles. The second kappa shape index (κ2) is 6.86. The molecular formula is C19H26N6. The molecule has 1 aliphatic heterocycles. The average molecular weight is 338 g/mol. The predicted molar refractivity (Wildman–Crippen MR) is 98.6 cm³/mol. The predicted octanol–water partition coefficient (Wildman–Crippen LogP) is 2.61. The summed E-state index contributed by atoms with van der Waals surface area (Å²) >= 11 is 0. The van der Waals surface area contributed by atoms with Crippen LogP contribution in [-0.4, -0.2) is 45.8 Å². The highest BCUT2D eigenvalue weighted by Crippen LogP contribution is 2.45. The molecule has 1 aliphatic carbocycles. The number of hydrogen-bond acceptors (Lipinski definition) is 3. The van der Waals surface area contributed by atoms with E-state index in [9.17, 15) is 0 Å². The molecule has 4 rings (SSSR count). The third-order valence-electron chi connectivity index (χ3n) is 5.61. The Labute approximate surface area is 149 Å². The van der Waals surface area contributed by atoms with E-state index in [-0.39, 0.29) is 0 Å². The summed E-state index contributed by atoms with van der Waals surface area (Å²) in [5.74, 6) is 1.85. The summed E-state index contributed by atoms with van der Waals surface area (Å²) in [5.41, 5.74) is 1.73. The molecule has 2 fully saturated rings. The van der Waals surface area contributed by atoms with Gasteiger partial charge in [0.15, 0.2) is 11.8 Å². The highest BCUT2D eigenvalue weighted by Gasteiger charge is 2.41. The number of pyridine rings is 1. The van der Waals surface area contributed by atoms with Crippen LogP contribution >= 0.6 is 0 Å². The van der Waals surface area contributed by atoms with E-state index < -0.39 is 0 Å². The van der Waals surface area contributed by atoms with Gasteiger partial charge in [-0.2, -0.15) is 5.10 Å². The van der Waals surface area contributed by atoms with Crippen molar-refractivity contribution in [2.45, 2.75) is 38.6 Å². The lowest BCUT2D eigenvalue weighted by Gasteiger charge is -2.26. The maximum absolute atomic E-state index is 4.51. The zero-order valence-corrected chi connectivity index (χ0v) is 14.9. The fourth-order valence-corrected chi connectivity index (χ4v) is 4.26. The summed E-state index contributed by atoms with van der Waals surface area (Å²) in [4.78, 5) is 11.3. The number of guanidine groups is 1. The summed E-state index contributed by atoms with van der Waals surface area (Å²) in [6, 6.07) is 6.01. The molecule has 1 N–H and O–H groups in total. The molecule has 0 unspecified atom stereocenters. The fraction of sp³-hybridized carbons (Fsp3) is 0.526. The Bertz CT molecular complexity index is 730. The maximum Gasteiger partial charge on any atom is 0.193 e. The minimum atomic E-state index is 0.557. The Morgan fingerprint density at radius 2 is 2.16 bits per heavy atom. The first kappa shape index (κ1) is 16.1. The van der Waals surface area contributed by atoms with E-state index in [1.54, 1.807) is 10.9 Å². The summed E-state index contributed by atoms with van der Waals surface area (Å²) < 4.78 is 1.78. The van der Waals surface area contributed by atoms with Crippen LogP contribution in [0, 0.1) is 5.41 Å². The Kier molecular flexibility index (Phi) is 4.42. The molecule has 0 radical (unpaired) electrons. The molecular weight excluding hydrogens is 312 g/mol. The summed E-state index contributed by atoms with van der Waals surface area (Å²) in [6.45, 7) is 3.02. The Balaban J connectivity index is 1.39. The third kappa shape index (κ3) is 3.38. The lowest BCUT2D eigenvalue weighted by Crippen LogP contribution is -2.40. The van der Waals surface area contributed by atoms with Crippen LogP contribution in [0.3, 0.4) is 0 Å². The van der Waals surface area contributed by atoms with E-state index in [1.807, 2.05) is 31.6 Å². The van der Waals surface area contributed by atoms with Crippen molar-refractivity contribution in [2.24, 2.45) is 10.4 Å². The van der Waals surface area contributed by atoms with Crippen LogP contribution in [-0.2, 0) is 6.54 Å². The van der Waals surface area contributed by atoms with Gasteiger partial charge in [0.05, 0.1) is 0 Å². The highest BCUT2D eigenvalue weighted by atomic mass is 15.3. The first-order valence-electron chi connectivity index (χ1n) is 9.19. The number of aliphatic imine (C=N–C) groups is 1. The second-order valence-corrected chi connectivity index (χ2v) is 7.25. The van der Waals surface area contributed by atoms with Crippen LogP contribution in [0.2, 0.25) is 0 Å². The third-order valence-corrected chi connectivity index (χ3v) is 5.61. The zero-order valence-electron chi connectivity index (χ0n) is 14.9. The molecule has 0 aromatic carbocycles. The highest BCUT2D eigenvalue weighted by molar-refractivity contribution is 5.80. The summed E-state index contributed by atoms with van der Waals surface area (Å²) in [5, 5.41) is 7.77. The van der Waals surface area contributed by atoms with Crippen LogP contribution in [0.1, 0.15) is 37.7 Å². The van der Waals surface area contributed by atoms with Crippen LogP contribution in [0.4, 0.5) is 0 Å². The Morgan fingerprint density at radius 1 is 1.28 bits per heavy atom. The van der Waals surface area contributed by atoms with E-state index in [4.69, 9.17) is 0 Å². The van der Waals surface area contributed by atoms with Crippen LogP contribution in [0.5, 0.6) is 0 Å². The van der Waals surface area contributed by atoms with Gasteiger partial charge in [-0.25, -0.2) is 9.67 Å². The van der Waals surface area contributed by atoms with Gasteiger partial charge in [0, 0.05) is 45.3 Å². The van der Waals surface area contributed by atoms with Crippen molar-refractivity contribution in [3.8, 4) is 5.82 Å². The summed E-state index contributed by atoms with van der Waals surface area (Å²) in [7, 11) is 1.88. The van der Waals surface area contributed by atoms with Crippen molar-refractivity contribution in [3.63, 3.8) is 0 Å². The SMILES string of the molecule is CN=C(NCc1ccnc(-n2cccn2)c1)N1CCC2(CCCC2)C1. The minimum absolute atomic E-state index is 0.557. The van der Waals surface area contributed by atoms with E-state index in [1.165, 1.54) is 37.7 Å². The standard InChI is InChI=1S/C19H26N6/c1-20-18(24-12-8-19(15-24)6-2-3-7-19)22-14-16-5-10-21-17(13-16)25-11-4-9-23-25/h4-5,9-11,13H,2-3,6-8,12,14-15H2,1H3,(H,20,22). The Hall–Kier alpha value is -2.37. The van der Waals surface area contributed by atoms with Gasteiger partial charge in [-0.05, 0) is 48.4 Å². The van der Waals surface area contributed by atoms with Gasteiger partial charge in [-0.3, -0.25) is 4.99 Å². The molecule has 6 nitrogen and oxygen atoms in total. The van der Waals surface area contributed by atoms with Crippen LogP contribution in [0.15, 0.2) is 41.8 Å². The molecule has 2 aromatic heterocycles. The smallest absolute Gasteiger partial charge is 0.193 e. The van der Waals surface area contributed by atoms with E-state index >= 15 is 0 Å². The average Bonchev–Trinajstić information content (AvgIpc) is 3.40. The van der Waals surface area contributed by atoms with E-state index in [2.05, 4.69) is 31.4 Å². The monoisotopic (exact) mass is 338 g/mol. The largest absolute Gasteiger partial charge is 0.352 e. The lowest BCUT2D eigenvalue weighted by molar-refractivity contribution is 0.309. The molecule has 0 amide bonds. The van der Waals surface area contributed by atoms with Crippen molar-refractivity contribution >= 4 is 5.96 Å². The van der Waals surface area contributed by atoms with Gasteiger partial charge in [0.25, 0.3) is 0 Å². The number of nitrogens with zero attached hydrogens (tertiary/aromatic N) is 5. The van der Waals surface area contributed by atoms with Crippen LogP contribution < -0.4 is 5.32 Å². The van der Waals surface area contributed by atoms with E-state index in [0.29, 0.717) is 5.41 Å². The lowest BCUT2D eigenvalue weighted by atomic mass is 9.86. The first-order chi connectivity index (χ1) is 12.3. The number of rotatable bonds is 3. The number of nitrogens with one attached hydrogen (secondary N) is 1. The van der Waals surface area contributed by atoms with Crippen molar-refractivity contribution in [2.75, 3.05) is 20.1 Å². The van der Waals surface area contributed by atoms with Gasteiger partial charge in [0.1, 0.15) is 0 Å². The number of aromatic nitrogens is 3. The molecule has 6 heteroatoms. The quantitative estimate of drug-likeness (QED) is 0.690. The Morgan fingerprint density at radius 3 is 2.92 bits per heavy atom. The molecule has 1 spiro atoms. The fourth-order valence-electron chi connectivity index (χ4n) is 4.26. The van der Waals surface area contributed by atoms with Crippen molar-refractivity contribution in [1.82, 2.24) is 25.0 Å². The van der Waals surface area contributed by atoms with Crippen molar-refractivity contribution in [3.05, 3.63) is 42.4 Å². The molecule has 1 saturated carbocycles. The van der Waals surface area contributed by atoms with Crippen molar-refractivity contribution in [1.29, 1.82) is 0 Å². The molecule has 0 bridgehead atoms. The molecule has 25 heavy (non-hydrogen) atoms. The van der Waals surface area contributed by atoms with E-state index in [0.717, 1.165) is 31.4 Å². The molecule has 2 aromatic rings. The van der Waals surface area contributed by atoms with Gasteiger partial charge >= 0.3 is 0 Å². The number of hydrogen-bond donors (Lipinski definition) is 1. The molecule has 1 saturated heterocycles. The number of likely N-dealkylation sites (tertiary alicyclic amines) is 1. The summed E-state index contributed by atoms with van der Waals surface area (Å²) in [6.07, 6.45) is 12.4. The second-order valence-electron chi connectivity index (χ2n) is 7.25. The topological polar surface area (TPSA) is 58.3 Å². The van der Waals surface area contributed by atoms with Gasteiger partial charge in [0.2, 0.25) is 0 Å². The zero-order chi connectivity index (χ0) is 17.1. The van der Waals surface area contributed by atoms with Crippen molar-refractivity contribution < 1.29 is 0 Å². The normalized spacial score (nSPS) is 19.7. The molecule has 132 valence electrons. The molecule has 0 atom stereocenters. The van der Waals surface area contributed by atoms with Crippen LogP contribution in [0.25, 0.3) is 5.82 Å². The molecule has 2 aliphatic rings. The van der Waals surface area contributed by atoms with Gasteiger partial charge in [-0.1, -0.05) is 12.8 Å².